The van der Waals surface area contributed by atoms with Crippen molar-refractivity contribution in [2.24, 2.45) is 10.9 Å². The lowest BCUT2D eigenvalue weighted by Gasteiger charge is -2.36. The van der Waals surface area contributed by atoms with Crippen molar-refractivity contribution in [3.63, 3.8) is 0 Å². The summed E-state index contributed by atoms with van der Waals surface area (Å²) in [4.78, 5) is 8.35. The summed E-state index contributed by atoms with van der Waals surface area (Å²) in [5.74, 6) is 1.16. The van der Waals surface area contributed by atoms with Crippen LogP contribution in [0.25, 0.3) is 0 Å². The van der Waals surface area contributed by atoms with Gasteiger partial charge < -0.3 is 4.90 Å². The monoisotopic (exact) mass is 374 g/mol. The number of rotatable bonds is 6. The number of likely N-dealkylation sites (tertiary alicyclic amines) is 1. The van der Waals surface area contributed by atoms with Gasteiger partial charge in [-0.1, -0.05) is 66.7 Å². The molecule has 27 heavy (non-hydrogen) atoms. The van der Waals surface area contributed by atoms with E-state index in [1.54, 1.807) is 11.3 Å². The molecule has 2 aromatic carbocycles. The molecule has 1 aromatic heterocycles. The molecule has 0 spiro atoms. The molecule has 1 fully saturated rings. The molecule has 2 heterocycles. The van der Waals surface area contributed by atoms with Gasteiger partial charge in [0.15, 0.2) is 0 Å². The minimum absolute atomic E-state index is 0.484. The van der Waals surface area contributed by atoms with Crippen LogP contribution in [0.5, 0.6) is 0 Å². The Bertz CT molecular complexity index is 780. The molecule has 0 bridgehead atoms. The summed E-state index contributed by atoms with van der Waals surface area (Å²) < 4.78 is 0. The molecule has 2 nitrogen and oxygen atoms in total. The van der Waals surface area contributed by atoms with Crippen molar-refractivity contribution in [1.29, 1.82) is 0 Å². The van der Waals surface area contributed by atoms with Crippen LogP contribution in [-0.4, -0.2) is 24.3 Å². The van der Waals surface area contributed by atoms with E-state index in [2.05, 4.69) is 94.4 Å². The van der Waals surface area contributed by atoms with E-state index in [4.69, 9.17) is 0 Å². The van der Waals surface area contributed by atoms with Gasteiger partial charge in [-0.2, -0.15) is 0 Å². The second-order valence-electron chi connectivity index (χ2n) is 7.21. The van der Waals surface area contributed by atoms with Gasteiger partial charge in [0.1, 0.15) is 0 Å². The zero-order valence-electron chi connectivity index (χ0n) is 15.6. The summed E-state index contributed by atoms with van der Waals surface area (Å²) in [7, 11) is 0. The largest absolute Gasteiger partial charge is 0.363 e. The molecule has 0 atom stereocenters. The molecule has 3 heteroatoms. The molecule has 0 N–H and O–H groups in total. The maximum absolute atomic E-state index is 4.64. The average molecular weight is 375 g/mol. The first-order valence-electron chi connectivity index (χ1n) is 9.76. The van der Waals surface area contributed by atoms with Crippen molar-refractivity contribution in [2.75, 3.05) is 13.1 Å². The Hall–Kier alpha value is -2.39. The number of piperidine rings is 1. The third kappa shape index (κ3) is 4.67. The number of hydrogen-bond acceptors (Lipinski definition) is 2. The lowest BCUT2D eigenvalue weighted by atomic mass is 9.76. The molecule has 0 radical (unpaired) electrons. The van der Waals surface area contributed by atoms with E-state index in [1.165, 1.54) is 28.8 Å². The normalized spacial score (nSPS) is 15.7. The van der Waals surface area contributed by atoms with Crippen molar-refractivity contribution in [1.82, 2.24) is 4.90 Å². The molecule has 1 aliphatic rings. The van der Waals surface area contributed by atoms with Gasteiger partial charge in [0.25, 0.3) is 0 Å². The topological polar surface area (TPSA) is 15.6 Å². The first-order valence-corrected chi connectivity index (χ1v) is 10.6. The fourth-order valence-electron chi connectivity index (χ4n) is 4.07. The summed E-state index contributed by atoms with van der Waals surface area (Å²) in [6.07, 6.45) is 4.48. The minimum Gasteiger partial charge on any atom is -0.363 e. The highest BCUT2D eigenvalue weighted by Crippen LogP contribution is 2.37. The fraction of sp³-hybridized carbons (Fsp3) is 0.292. The van der Waals surface area contributed by atoms with E-state index in [-0.39, 0.29) is 0 Å². The maximum atomic E-state index is 4.64. The van der Waals surface area contributed by atoms with Gasteiger partial charge >= 0.3 is 0 Å². The van der Waals surface area contributed by atoms with Gasteiger partial charge in [-0.15, -0.1) is 11.3 Å². The minimum atomic E-state index is 0.484. The zero-order chi connectivity index (χ0) is 18.3. The van der Waals surface area contributed by atoms with Gasteiger partial charge in [-0.25, -0.2) is 0 Å². The summed E-state index contributed by atoms with van der Waals surface area (Å²) in [6.45, 7) is 2.98. The number of nitrogens with zero attached hydrogens (tertiary/aromatic N) is 2. The van der Waals surface area contributed by atoms with Crippen LogP contribution in [-0.2, 0) is 6.54 Å². The lowest BCUT2D eigenvalue weighted by Crippen LogP contribution is -2.35. The van der Waals surface area contributed by atoms with Crippen LogP contribution in [0, 0.1) is 5.92 Å². The fourth-order valence-corrected chi connectivity index (χ4v) is 4.71. The highest BCUT2D eigenvalue weighted by atomic mass is 32.1. The number of benzene rings is 2. The highest BCUT2D eigenvalue weighted by Gasteiger charge is 2.28. The molecule has 0 aliphatic carbocycles. The molecule has 3 aromatic rings. The Morgan fingerprint density at radius 2 is 1.52 bits per heavy atom. The summed E-state index contributed by atoms with van der Waals surface area (Å²) in [5.41, 5.74) is 2.88. The Labute approximate surface area is 166 Å². The SMILES string of the molecule is C(=NCc1cccs1)N1CCC(C(c2ccccc2)c2ccccc2)CC1. The summed E-state index contributed by atoms with van der Waals surface area (Å²) in [6, 6.07) is 26.3. The van der Waals surface area contributed by atoms with Crippen LogP contribution in [0.15, 0.2) is 83.2 Å². The van der Waals surface area contributed by atoms with Crippen molar-refractivity contribution >= 4 is 17.7 Å². The molecule has 0 unspecified atom stereocenters. The Kier molecular flexibility index (Phi) is 6.00. The number of aliphatic imine (C=N–C) groups is 1. The van der Waals surface area contributed by atoms with Crippen LogP contribution in [0.3, 0.4) is 0 Å². The van der Waals surface area contributed by atoms with E-state index in [9.17, 15) is 0 Å². The quantitative estimate of drug-likeness (QED) is 0.392. The van der Waals surface area contributed by atoms with Crippen LogP contribution >= 0.6 is 11.3 Å². The van der Waals surface area contributed by atoms with Crippen LogP contribution in [0.1, 0.15) is 34.8 Å². The Morgan fingerprint density at radius 1 is 0.889 bits per heavy atom. The van der Waals surface area contributed by atoms with E-state index in [1.807, 2.05) is 0 Å². The number of hydrogen-bond donors (Lipinski definition) is 0. The van der Waals surface area contributed by atoms with E-state index < -0.39 is 0 Å². The van der Waals surface area contributed by atoms with Crippen molar-refractivity contribution in [2.45, 2.75) is 25.3 Å². The zero-order valence-corrected chi connectivity index (χ0v) is 16.4. The van der Waals surface area contributed by atoms with Gasteiger partial charge in [0.05, 0.1) is 12.9 Å². The first-order chi connectivity index (χ1) is 13.4. The predicted molar refractivity (Wildman–Crippen MR) is 116 cm³/mol. The van der Waals surface area contributed by atoms with Crippen LogP contribution in [0.4, 0.5) is 0 Å². The molecule has 0 amide bonds. The standard InChI is InChI=1S/C24H26N2S/c1-3-8-20(9-4-1)24(21-10-5-2-6-11-21)22-13-15-26(16-14-22)19-25-18-23-12-7-17-27-23/h1-12,17,19,22,24H,13-16,18H2. The molecule has 138 valence electrons. The van der Waals surface area contributed by atoms with Crippen molar-refractivity contribution in [3.05, 3.63) is 94.2 Å². The van der Waals surface area contributed by atoms with Gasteiger partial charge in [0.2, 0.25) is 0 Å². The third-order valence-electron chi connectivity index (χ3n) is 5.44. The maximum Gasteiger partial charge on any atom is 0.0854 e. The van der Waals surface area contributed by atoms with Crippen LogP contribution in [0.2, 0.25) is 0 Å². The van der Waals surface area contributed by atoms with Crippen molar-refractivity contribution < 1.29 is 0 Å². The summed E-state index contributed by atoms with van der Waals surface area (Å²) in [5, 5.41) is 2.11. The predicted octanol–water partition coefficient (Wildman–Crippen LogP) is 5.82. The Morgan fingerprint density at radius 3 is 2.07 bits per heavy atom. The second kappa shape index (κ2) is 9.01. The molecule has 0 saturated carbocycles. The smallest absolute Gasteiger partial charge is 0.0854 e. The van der Waals surface area contributed by atoms with Gasteiger partial charge in [-0.05, 0) is 41.3 Å². The van der Waals surface area contributed by atoms with Crippen molar-refractivity contribution in [3.8, 4) is 0 Å². The lowest BCUT2D eigenvalue weighted by molar-refractivity contribution is 0.254. The van der Waals surface area contributed by atoms with Gasteiger partial charge in [-0.3, -0.25) is 4.99 Å². The molecular weight excluding hydrogens is 348 g/mol. The molecule has 1 aliphatic heterocycles. The highest BCUT2D eigenvalue weighted by molar-refractivity contribution is 7.09. The summed E-state index contributed by atoms with van der Waals surface area (Å²) >= 11 is 1.78. The van der Waals surface area contributed by atoms with Crippen LogP contribution < -0.4 is 0 Å². The molecule has 1 saturated heterocycles. The third-order valence-corrected chi connectivity index (χ3v) is 6.30. The van der Waals surface area contributed by atoms with E-state index >= 15 is 0 Å². The van der Waals surface area contributed by atoms with Gasteiger partial charge in [0, 0.05) is 23.9 Å². The second-order valence-corrected chi connectivity index (χ2v) is 8.24. The first kappa shape index (κ1) is 18.0. The molecule has 4 rings (SSSR count). The van der Waals surface area contributed by atoms with E-state index in [0.29, 0.717) is 11.8 Å². The molecular formula is C24H26N2S. The van der Waals surface area contributed by atoms with E-state index in [0.717, 1.165) is 19.6 Å². The Balaban J connectivity index is 1.42. The average Bonchev–Trinajstić information content (AvgIpc) is 3.25. The number of thiophene rings is 1.